The molecule has 1 fully saturated rings. The summed E-state index contributed by atoms with van der Waals surface area (Å²) in [7, 11) is 0. The molecule has 0 aliphatic heterocycles. The summed E-state index contributed by atoms with van der Waals surface area (Å²) in [5.74, 6) is 0.109. The van der Waals surface area contributed by atoms with Gasteiger partial charge in [-0.3, -0.25) is 0 Å². The largest absolute Gasteiger partial charge is 0.385 e. The summed E-state index contributed by atoms with van der Waals surface area (Å²) in [6, 6.07) is 3.33. The van der Waals surface area contributed by atoms with Crippen molar-refractivity contribution in [2.24, 2.45) is 11.8 Å². The maximum absolute atomic E-state index is 14.2. The molecule has 0 saturated heterocycles. The zero-order chi connectivity index (χ0) is 13.5. The second-order valence-corrected chi connectivity index (χ2v) is 6.66. The monoisotopic (exact) mass is 334 g/mol. The lowest BCUT2D eigenvalue weighted by atomic mass is 9.69. The first-order valence-electron chi connectivity index (χ1n) is 6.22. The van der Waals surface area contributed by atoms with Gasteiger partial charge in [0.1, 0.15) is 5.82 Å². The standard InChI is InChI=1S/C14H17BrClFO/c1-8-5-6-14(18,9(2)7-8)10-3-4-11(15)12(16)13(10)17/h3-4,8-9,18H,5-7H2,1-2H3. The summed E-state index contributed by atoms with van der Waals surface area (Å²) < 4.78 is 14.8. The van der Waals surface area contributed by atoms with E-state index in [1.165, 1.54) is 0 Å². The normalized spacial score (nSPS) is 32.6. The molecule has 2 rings (SSSR count). The summed E-state index contributed by atoms with van der Waals surface area (Å²) in [6.07, 6.45) is 2.40. The van der Waals surface area contributed by atoms with E-state index < -0.39 is 11.4 Å². The molecule has 1 aliphatic carbocycles. The maximum atomic E-state index is 14.2. The van der Waals surface area contributed by atoms with Crippen LogP contribution in [0.15, 0.2) is 16.6 Å². The minimum atomic E-state index is -1.10. The minimum Gasteiger partial charge on any atom is -0.385 e. The SMILES string of the molecule is CC1CCC(O)(c2ccc(Br)c(Cl)c2F)C(C)C1. The van der Waals surface area contributed by atoms with E-state index in [9.17, 15) is 9.50 Å². The molecule has 18 heavy (non-hydrogen) atoms. The van der Waals surface area contributed by atoms with E-state index in [4.69, 9.17) is 11.6 Å². The van der Waals surface area contributed by atoms with Crippen molar-refractivity contribution >= 4 is 27.5 Å². The average Bonchev–Trinajstić information content (AvgIpc) is 2.32. The predicted octanol–water partition coefficient (Wildman–Crippen LogP) is 4.89. The van der Waals surface area contributed by atoms with E-state index in [2.05, 4.69) is 22.9 Å². The Morgan fingerprint density at radius 3 is 2.72 bits per heavy atom. The van der Waals surface area contributed by atoms with Gasteiger partial charge < -0.3 is 5.11 Å². The zero-order valence-electron chi connectivity index (χ0n) is 10.5. The maximum Gasteiger partial charge on any atom is 0.149 e. The van der Waals surface area contributed by atoms with Crippen LogP contribution >= 0.6 is 27.5 Å². The molecule has 4 heteroatoms. The molecule has 3 atom stereocenters. The zero-order valence-corrected chi connectivity index (χ0v) is 12.9. The molecular weight excluding hydrogens is 319 g/mol. The fourth-order valence-corrected chi connectivity index (χ4v) is 3.36. The Morgan fingerprint density at radius 2 is 2.11 bits per heavy atom. The van der Waals surface area contributed by atoms with Crippen molar-refractivity contribution in [3.05, 3.63) is 33.0 Å². The molecular formula is C14H17BrClFO. The molecule has 1 nitrogen and oxygen atoms in total. The molecule has 1 aromatic rings. The number of rotatable bonds is 1. The lowest BCUT2D eigenvalue weighted by Crippen LogP contribution is -2.39. The molecule has 0 spiro atoms. The molecule has 0 heterocycles. The number of hydrogen-bond acceptors (Lipinski definition) is 1. The van der Waals surface area contributed by atoms with Crippen LogP contribution < -0.4 is 0 Å². The van der Waals surface area contributed by atoms with Crippen LogP contribution in [0.25, 0.3) is 0 Å². The van der Waals surface area contributed by atoms with Crippen LogP contribution in [0.3, 0.4) is 0 Å². The van der Waals surface area contributed by atoms with Gasteiger partial charge in [0.25, 0.3) is 0 Å². The molecule has 1 aliphatic rings. The first-order valence-corrected chi connectivity index (χ1v) is 7.39. The highest BCUT2D eigenvalue weighted by Crippen LogP contribution is 2.45. The van der Waals surface area contributed by atoms with Gasteiger partial charge in [0.2, 0.25) is 0 Å². The van der Waals surface area contributed by atoms with Crippen molar-refractivity contribution in [1.29, 1.82) is 0 Å². The van der Waals surface area contributed by atoms with Crippen LogP contribution in [0.5, 0.6) is 0 Å². The average molecular weight is 336 g/mol. The van der Waals surface area contributed by atoms with Gasteiger partial charge in [0.05, 0.1) is 10.6 Å². The molecule has 3 unspecified atom stereocenters. The fraction of sp³-hybridized carbons (Fsp3) is 0.571. The van der Waals surface area contributed by atoms with Crippen LogP contribution in [-0.4, -0.2) is 5.11 Å². The van der Waals surface area contributed by atoms with Crippen molar-refractivity contribution < 1.29 is 9.50 Å². The van der Waals surface area contributed by atoms with Crippen LogP contribution in [0.4, 0.5) is 4.39 Å². The molecule has 0 amide bonds. The lowest BCUT2D eigenvalue weighted by molar-refractivity contribution is -0.0612. The summed E-state index contributed by atoms with van der Waals surface area (Å²) in [5, 5.41) is 10.9. The Hall–Kier alpha value is -0.120. The Morgan fingerprint density at radius 1 is 1.44 bits per heavy atom. The van der Waals surface area contributed by atoms with Crippen LogP contribution in [-0.2, 0) is 5.60 Å². The van der Waals surface area contributed by atoms with Gasteiger partial charge >= 0.3 is 0 Å². The lowest BCUT2D eigenvalue weighted by Gasteiger charge is -2.41. The van der Waals surface area contributed by atoms with Crippen molar-refractivity contribution in [2.75, 3.05) is 0 Å². The second-order valence-electron chi connectivity index (χ2n) is 5.43. The number of aliphatic hydroxyl groups is 1. The summed E-state index contributed by atoms with van der Waals surface area (Å²) in [6.45, 7) is 4.14. The van der Waals surface area contributed by atoms with E-state index >= 15 is 0 Å². The van der Waals surface area contributed by atoms with Gasteiger partial charge in [-0.25, -0.2) is 4.39 Å². The van der Waals surface area contributed by atoms with Crippen LogP contribution in [0.2, 0.25) is 5.02 Å². The Balaban J connectivity index is 2.44. The highest BCUT2D eigenvalue weighted by Gasteiger charge is 2.42. The Bertz CT molecular complexity index is 465. The Labute approximate surface area is 120 Å². The van der Waals surface area contributed by atoms with Crippen molar-refractivity contribution in [1.82, 2.24) is 0 Å². The highest BCUT2D eigenvalue weighted by atomic mass is 79.9. The van der Waals surface area contributed by atoms with Gasteiger partial charge in [0, 0.05) is 10.0 Å². The number of hydrogen-bond donors (Lipinski definition) is 1. The Kier molecular flexibility index (Phi) is 4.05. The summed E-state index contributed by atoms with van der Waals surface area (Å²) in [5.41, 5.74) is -0.767. The van der Waals surface area contributed by atoms with E-state index in [0.717, 1.165) is 12.8 Å². The van der Waals surface area contributed by atoms with E-state index in [1.54, 1.807) is 12.1 Å². The molecule has 0 aromatic heterocycles. The first-order chi connectivity index (χ1) is 8.36. The fourth-order valence-electron chi connectivity index (χ4n) is 2.89. The minimum absolute atomic E-state index is 0.0352. The van der Waals surface area contributed by atoms with Crippen molar-refractivity contribution in [2.45, 2.75) is 38.7 Å². The third kappa shape index (κ3) is 2.33. The second kappa shape index (κ2) is 5.10. The third-order valence-corrected chi connectivity index (χ3v) is 5.35. The van der Waals surface area contributed by atoms with Gasteiger partial charge in [-0.1, -0.05) is 31.5 Å². The quantitative estimate of drug-likeness (QED) is 0.725. The number of benzene rings is 1. The summed E-state index contributed by atoms with van der Waals surface area (Å²) in [4.78, 5) is 0. The van der Waals surface area contributed by atoms with Crippen LogP contribution in [0, 0.1) is 17.7 Å². The number of halogens is 3. The molecule has 1 saturated carbocycles. The van der Waals surface area contributed by atoms with Gasteiger partial charge in [-0.05, 0) is 53.1 Å². The predicted molar refractivity (Wildman–Crippen MR) is 75.2 cm³/mol. The van der Waals surface area contributed by atoms with Gasteiger partial charge in [0.15, 0.2) is 0 Å². The molecule has 0 radical (unpaired) electrons. The highest BCUT2D eigenvalue weighted by molar-refractivity contribution is 9.10. The molecule has 0 bridgehead atoms. The summed E-state index contributed by atoms with van der Waals surface area (Å²) >= 11 is 9.10. The first kappa shape index (κ1) is 14.3. The topological polar surface area (TPSA) is 20.2 Å². The molecule has 100 valence electrons. The van der Waals surface area contributed by atoms with Gasteiger partial charge in [-0.15, -0.1) is 0 Å². The smallest absolute Gasteiger partial charge is 0.149 e. The van der Waals surface area contributed by atoms with Crippen molar-refractivity contribution in [3.63, 3.8) is 0 Å². The van der Waals surface area contributed by atoms with E-state index in [1.807, 2.05) is 6.92 Å². The van der Waals surface area contributed by atoms with Crippen LogP contribution in [0.1, 0.15) is 38.7 Å². The van der Waals surface area contributed by atoms with E-state index in [0.29, 0.717) is 22.4 Å². The van der Waals surface area contributed by atoms with Gasteiger partial charge in [-0.2, -0.15) is 0 Å². The van der Waals surface area contributed by atoms with E-state index in [-0.39, 0.29) is 10.9 Å². The molecule has 1 aromatic carbocycles. The third-order valence-electron chi connectivity index (χ3n) is 4.09. The molecule has 1 N–H and O–H groups in total. The van der Waals surface area contributed by atoms with Crippen molar-refractivity contribution in [3.8, 4) is 0 Å².